The van der Waals surface area contributed by atoms with E-state index < -0.39 is 0 Å². The third kappa shape index (κ3) is 2.69. The lowest BCUT2D eigenvalue weighted by Gasteiger charge is -2.38. The van der Waals surface area contributed by atoms with Crippen LogP contribution in [0.1, 0.15) is 39.0 Å². The Morgan fingerprint density at radius 1 is 1.56 bits per heavy atom. The molecule has 2 rings (SSSR count). The largest absolute Gasteiger partial charge is 0.396 e. The van der Waals surface area contributed by atoms with Crippen LogP contribution in [-0.2, 0) is 4.79 Å². The minimum atomic E-state index is -0.161. The third-order valence-electron chi connectivity index (χ3n) is 4.49. The second kappa shape index (κ2) is 6.02. The number of nitrogens with zero attached hydrogens (tertiary/aromatic N) is 1. The Hall–Kier alpha value is -0.610. The predicted molar refractivity (Wildman–Crippen MR) is 71.2 cm³/mol. The summed E-state index contributed by atoms with van der Waals surface area (Å²) >= 11 is 0. The SMILES string of the molecule is CCCC1(C(=O)N2CCCC(CO)C2)CCNC1. The van der Waals surface area contributed by atoms with Gasteiger partial charge in [0, 0.05) is 26.2 Å². The Bertz CT molecular complexity index is 288. The number of carbonyl (C=O) groups is 1. The molecular formula is C14H26N2O2. The van der Waals surface area contributed by atoms with Crippen molar-refractivity contribution < 1.29 is 9.90 Å². The summed E-state index contributed by atoms with van der Waals surface area (Å²) in [4.78, 5) is 14.8. The fourth-order valence-electron chi connectivity index (χ4n) is 3.46. The topological polar surface area (TPSA) is 52.6 Å². The molecule has 4 nitrogen and oxygen atoms in total. The molecule has 104 valence electrons. The van der Waals surface area contributed by atoms with Gasteiger partial charge in [0.05, 0.1) is 5.41 Å². The molecule has 0 aromatic rings. The Balaban J connectivity index is 2.04. The van der Waals surface area contributed by atoms with Crippen molar-refractivity contribution in [1.29, 1.82) is 0 Å². The van der Waals surface area contributed by atoms with Crippen LogP contribution in [0.15, 0.2) is 0 Å². The molecular weight excluding hydrogens is 228 g/mol. The van der Waals surface area contributed by atoms with Gasteiger partial charge < -0.3 is 15.3 Å². The molecule has 0 aromatic carbocycles. The monoisotopic (exact) mass is 254 g/mol. The predicted octanol–water partition coefficient (Wildman–Crippen LogP) is 0.997. The molecule has 1 amide bonds. The molecule has 4 heteroatoms. The van der Waals surface area contributed by atoms with E-state index in [0.717, 1.165) is 58.3 Å². The van der Waals surface area contributed by atoms with Crippen molar-refractivity contribution in [3.8, 4) is 0 Å². The Morgan fingerprint density at radius 2 is 2.39 bits per heavy atom. The molecule has 2 fully saturated rings. The normalized spacial score (nSPS) is 32.8. The number of hydrogen-bond donors (Lipinski definition) is 2. The lowest BCUT2D eigenvalue weighted by Crippen LogP contribution is -2.49. The van der Waals surface area contributed by atoms with Crippen LogP contribution in [0.3, 0.4) is 0 Å². The van der Waals surface area contributed by atoms with Crippen LogP contribution >= 0.6 is 0 Å². The molecule has 2 aliphatic rings. The van der Waals surface area contributed by atoms with Crippen LogP contribution < -0.4 is 5.32 Å². The van der Waals surface area contributed by atoms with E-state index in [9.17, 15) is 9.90 Å². The summed E-state index contributed by atoms with van der Waals surface area (Å²) in [6.07, 6.45) is 5.11. The molecule has 2 aliphatic heterocycles. The van der Waals surface area contributed by atoms with E-state index in [0.29, 0.717) is 5.91 Å². The van der Waals surface area contributed by atoms with Gasteiger partial charge in [-0.25, -0.2) is 0 Å². The van der Waals surface area contributed by atoms with Gasteiger partial charge in [-0.2, -0.15) is 0 Å². The van der Waals surface area contributed by atoms with E-state index in [1.165, 1.54) is 0 Å². The number of carbonyl (C=O) groups excluding carboxylic acids is 1. The molecule has 2 N–H and O–H groups in total. The Kier molecular flexibility index (Phi) is 4.62. The number of aliphatic hydroxyl groups is 1. The minimum absolute atomic E-state index is 0.161. The highest BCUT2D eigenvalue weighted by atomic mass is 16.3. The second-order valence-corrected chi connectivity index (χ2v) is 5.90. The van der Waals surface area contributed by atoms with Crippen LogP contribution in [0.25, 0.3) is 0 Å². The maximum atomic E-state index is 12.8. The maximum absolute atomic E-state index is 12.8. The van der Waals surface area contributed by atoms with Crippen molar-refractivity contribution in [2.45, 2.75) is 39.0 Å². The van der Waals surface area contributed by atoms with E-state index in [-0.39, 0.29) is 17.9 Å². The van der Waals surface area contributed by atoms with Gasteiger partial charge in [-0.3, -0.25) is 4.79 Å². The molecule has 2 unspecified atom stereocenters. The van der Waals surface area contributed by atoms with Gasteiger partial charge in [0.2, 0.25) is 5.91 Å². The summed E-state index contributed by atoms with van der Waals surface area (Å²) in [5.74, 6) is 0.614. The van der Waals surface area contributed by atoms with Crippen LogP contribution in [0.5, 0.6) is 0 Å². The molecule has 0 bridgehead atoms. The number of aliphatic hydroxyl groups excluding tert-OH is 1. The average molecular weight is 254 g/mol. The molecule has 2 atom stereocenters. The molecule has 18 heavy (non-hydrogen) atoms. The van der Waals surface area contributed by atoms with Gasteiger partial charge in [0.15, 0.2) is 0 Å². The van der Waals surface area contributed by atoms with Gasteiger partial charge >= 0.3 is 0 Å². The molecule has 0 saturated carbocycles. The number of hydrogen-bond acceptors (Lipinski definition) is 3. The second-order valence-electron chi connectivity index (χ2n) is 5.90. The van der Waals surface area contributed by atoms with Crippen molar-refractivity contribution in [3.05, 3.63) is 0 Å². The summed E-state index contributed by atoms with van der Waals surface area (Å²) in [5.41, 5.74) is -0.161. The maximum Gasteiger partial charge on any atom is 0.230 e. The summed E-state index contributed by atoms with van der Waals surface area (Å²) in [6, 6.07) is 0. The van der Waals surface area contributed by atoms with Crippen molar-refractivity contribution in [3.63, 3.8) is 0 Å². The van der Waals surface area contributed by atoms with Crippen LogP contribution in [-0.4, -0.2) is 48.7 Å². The number of piperidine rings is 1. The van der Waals surface area contributed by atoms with Gasteiger partial charge in [-0.1, -0.05) is 13.3 Å². The number of nitrogens with one attached hydrogen (secondary N) is 1. The first-order valence-electron chi connectivity index (χ1n) is 7.33. The van der Waals surface area contributed by atoms with E-state index in [1.54, 1.807) is 0 Å². The standard InChI is InChI=1S/C14H26N2O2/c1-2-5-14(6-7-15-11-14)13(18)16-8-3-4-12(9-16)10-17/h12,15,17H,2-11H2,1H3. The van der Waals surface area contributed by atoms with E-state index in [2.05, 4.69) is 12.2 Å². The third-order valence-corrected chi connectivity index (χ3v) is 4.49. The molecule has 2 saturated heterocycles. The number of rotatable bonds is 4. The first-order valence-corrected chi connectivity index (χ1v) is 7.33. The molecule has 0 spiro atoms. The van der Waals surface area contributed by atoms with Crippen molar-refractivity contribution >= 4 is 5.91 Å². The Labute approximate surface area is 110 Å². The summed E-state index contributed by atoms with van der Waals surface area (Å²) < 4.78 is 0. The first kappa shape index (κ1) is 13.8. The number of likely N-dealkylation sites (tertiary alicyclic amines) is 1. The average Bonchev–Trinajstić information content (AvgIpc) is 2.88. The van der Waals surface area contributed by atoms with Crippen LogP contribution in [0.4, 0.5) is 0 Å². The summed E-state index contributed by atoms with van der Waals surface area (Å²) in [7, 11) is 0. The lowest BCUT2D eigenvalue weighted by atomic mass is 9.80. The van der Waals surface area contributed by atoms with Gasteiger partial charge in [0.1, 0.15) is 0 Å². The van der Waals surface area contributed by atoms with Crippen LogP contribution in [0.2, 0.25) is 0 Å². The van der Waals surface area contributed by atoms with E-state index >= 15 is 0 Å². The van der Waals surface area contributed by atoms with Crippen LogP contribution in [0, 0.1) is 11.3 Å². The van der Waals surface area contributed by atoms with E-state index in [4.69, 9.17) is 0 Å². The summed E-state index contributed by atoms with van der Waals surface area (Å²) in [6.45, 7) is 5.79. The highest BCUT2D eigenvalue weighted by molar-refractivity contribution is 5.83. The quantitative estimate of drug-likeness (QED) is 0.787. The molecule has 0 aliphatic carbocycles. The Morgan fingerprint density at radius 3 is 3.00 bits per heavy atom. The van der Waals surface area contributed by atoms with Crippen molar-refractivity contribution in [2.24, 2.45) is 11.3 Å². The van der Waals surface area contributed by atoms with Crippen molar-refractivity contribution in [2.75, 3.05) is 32.8 Å². The zero-order valence-corrected chi connectivity index (χ0v) is 11.5. The lowest BCUT2D eigenvalue weighted by molar-refractivity contribution is -0.143. The summed E-state index contributed by atoms with van der Waals surface area (Å²) in [5, 5.41) is 12.6. The van der Waals surface area contributed by atoms with Crippen molar-refractivity contribution in [1.82, 2.24) is 10.2 Å². The highest BCUT2D eigenvalue weighted by Gasteiger charge is 2.43. The first-order chi connectivity index (χ1) is 8.72. The number of amides is 1. The molecule has 2 heterocycles. The van der Waals surface area contributed by atoms with Gasteiger partial charge in [0.25, 0.3) is 0 Å². The zero-order chi connectivity index (χ0) is 13.0. The molecule has 0 aromatic heterocycles. The smallest absolute Gasteiger partial charge is 0.230 e. The zero-order valence-electron chi connectivity index (χ0n) is 11.5. The minimum Gasteiger partial charge on any atom is -0.396 e. The van der Waals surface area contributed by atoms with E-state index in [1.807, 2.05) is 4.90 Å². The highest BCUT2D eigenvalue weighted by Crippen LogP contribution is 2.34. The van der Waals surface area contributed by atoms with Gasteiger partial charge in [-0.15, -0.1) is 0 Å². The van der Waals surface area contributed by atoms with Gasteiger partial charge in [-0.05, 0) is 38.1 Å². The fourth-order valence-corrected chi connectivity index (χ4v) is 3.46. The molecule has 0 radical (unpaired) electrons. The fraction of sp³-hybridized carbons (Fsp3) is 0.929.